The number of ether oxygens (including phenoxy) is 3. The first-order valence-electron chi connectivity index (χ1n) is 10.4. The first kappa shape index (κ1) is 25.9. The lowest BCUT2D eigenvalue weighted by Crippen LogP contribution is -2.51. The van der Waals surface area contributed by atoms with Crippen molar-refractivity contribution in [3.05, 3.63) is 48.0 Å². The van der Waals surface area contributed by atoms with Gasteiger partial charge in [-0.15, -0.1) is 0 Å². The molecule has 10 nitrogen and oxygen atoms in total. The highest BCUT2D eigenvalue weighted by atomic mass is 16.6. The molecule has 0 radical (unpaired) electrons. The van der Waals surface area contributed by atoms with Gasteiger partial charge in [-0.25, -0.2) is 9.69 Å². The quantitative estimate of drug-likeness (QED) is 0.279. The van der Waals surface area contributed by atoms with Gasteiger partial charge in [0.15, 0.2) is 23.8 Å². The molecule has 0 unspecified atom stereocenters. The molecule has 1 aliphatic rings. The molecule has 0 aromatic heterocycles. The Morgan fingerprint density at radius 2 is 1.85 bits per heavy atom. The third kappa shape index (κ3) is 7.06. The van der Waals surface area contributed by atoms with E-state index in [-0.39, 0.29) is 25.4 Å². The molecule has 2 amide bonds. The summed E-state index contributed by atoms with van der Waals surface area (Å²) in [5, 5.41) is 8.78. The molecule has 3 atom stereocenters. The van der Waals surface area contributed by atoms with Crippen molar-refractivity contribution >= 4 is 29.5 Å². The van der Waals surface area contributed by atoms with Gasteiger partial charge >= 0.3 is 12.1 Å². The van der Waals surface area contributed by atoms with Gasteiger partial charge in [0.1, 0.15) is 12.6 Å². The second-order valence-corrected chi connectivity index (χ2v) is 7.28. The van der Waals surface area contributed by atoms with Gasteiger partial charge in [0.2, 0.25) is 0 Å². The topological polar surface area (TPSA) is 137 Å². The zero-order chi connectivity index (χ0) is 24.4. The predicted octanol–water partition coefficient (Wildman–Crippen LogP) is 1.51. The SMILES string of the molecule is CO[C@H](C(=O)N1C(=O)OC[C@@H]1c1ccccc1)[C@H](OC(C)=O)C(=O)C=CC(=O)CCCCO. The van der Waals surface area contributed by atoms with Crippen molar-refractivity contribution in [1.29, 1.82) is 0 Å². The summed E-state index contributed by atoms with van der Waals surface area (Å²) in [5.41, 5.74) is 0.635. The van der Waals surface area contributed by atoms with Crippen LogP contribution in [0.2, 0.25) is 0 Å². The molecule has 1 saturated heterocycles. The lowest BCUT2D eigenvalue weighted by atomic mass is 10.0. The number of aliphatic hydroxyl groups excluding tert-OH is 1. The van der Waals surface area contributed by atoms with Crippen LogP contribution in [0.5, 0.6) is 0 Å². The average Bonchev–Trinajstić information content (AvgIpc) is 3.19. The second kappa shape index (κ2) is 12.6. The normalized spacial score (nSPS) is 17.5. The number of carbonyl (C=O) groups is 5. The van der Waals surface area contributed by atoms with E-state index < -0.39 is 42.0 Å². The molecule has 1 aromatic carbocycles. The van der Waals surface area contributed by atoms with Crippen molar-refractivity contribution in [2.24, 2.45) is 0 Å². The van der Waals surface area contributed by atoms with E-state index in [1.165, 1.54) is 0 Å². The molecule has 1 aliphatic heterocycles. The first-order valence-corrected chi connectivity index (χ1v) is 10.4. The molecule has 0 spiro atoms. The minimum absolute atomic E-state index is 0.0506. The predicted molar refractivity (Wildman–Crippen MR) is 114 cm³/mol. The maximum atomic E-state index is 13.3. The Kier molecular flexibility index (Phi) is 9.89. The van der Waals surface area contributed by atoms with Crippen LogP contribution in [0.25, 0.3) is 0 Å². The van der Waals surface area contributed by atoms with Gasteiger partial charge in [0.25, 0.3) is 5.91 Å². The van der Waals surface area contributed by atoms with Crippen LogP contribution in [0, 0.1) is 0 Å². The van der Waals surface area contributed by atoms with Gasteiger partial charge in [-0.05, 0) is 30.6 Å². The number of rotatable bonds is 12. The van der Waals surface area contributed by atoms with Crippen molar-refractivity contribution in [2.45, 2.75) is 44.4 Å². The number of benzene rings is 1. The van der Waals surface area contributed by atoms with Crippen LogP contribution in [-0.4, -0.2) is 72.1 Å². The smallest absolute Gasteiger partial charge is 0.417 e. The number of allylic oxidation sites excluding steroid dienone is 1. The fourth-order valence-corrected chi connectivity index (χ4v) is 3.29. The Bertz CT molecular complexity index is 896. The third-order valence-electron chi connectivity index (χ3n) is 4.91. The monoisotopic (exact) mass is 461 g/mol. The summed E-state index contributed by atoms with van der Waals surface area (Å²) in [5.74, 6) is -3.00. The van der Waals surface area contributed by atoms with Gasteiger partial charge in [-0.1, -0.05) is 30.3 Å². The van der Waals surface area contributed by atoms with E-state index in [2.05, 4.69) is 0 Å². The molecular formula is C23H27NO9. The summed E-state index contributed by atoms with van der Waals surface area (Å²) >= 11 is 0. The molecule has 1 heterocycles. The number of carbonyl (C=O) groups excluding carboxylic acids is 5. The van der Waals surface area contributed by atoms with Crippen molar-refractivity contribution in [1.82, 2.24) is 4.90 Å². The molecule has 0 aliphatic carbocycles. The summed E-state index contributed by atoms with van der Waals surface area (Å²) in [6, 6.07) is 7.94. The van der Waals surface area contributed by atoms with Crippen molar-refractivity contribution in [2.75, 3.05) is 20.3 Å². The zero-order valence-corrected chi connectivity index (χ0v) is 18.5. The maximum absolute atomic E-state index is 13.3. The molecule has 33 heavy (non-hydrogen) atoms. The highest BCUT2D eigenvalue weighted by Crippen LogP contribution is 2.29. The maximum Gasteiger partial charge on any atom is 0.417 e. The second-order valence-electron chi connectivity index (χ2n) is 7.28. The minimum Gasteiger partial charge on any atom is -0.451 e. The molecule has 178 valence electrons. The van der Waals surface area contributed by atoms with Gasteiger partial charge in [-0.2, -0.15) is 0 Å². The lowest BCUT2D eigenvalue weighted by Gasteiger charge is -2.27. The Hall–Kier alpha value is -3.37. The van der Waals surface area contributed by atoms with Crippen molar-refractivity contribution in [3.63, 3.8) is 0 Å². The number of cyclic esters (lactones) is 1. The van der Waals surface area contributed by atoms with Crippen LogP contribution in [0.15, 0.2) is 42.5 Å². The minimum atomic E-state index is -1.72. The van der Waals surface area contributed by atoms with Crippen LogP contribution in [0.3, 0.4) is 0 Å². The summed E-state index contributed by atoms with van der Waals surface area (Å²) in [6.07, 6.45) is -1.35. The van der Waals surface area contributed by atoms with Crippen molar-refractivity contribution in [3.8, 4) is 0 Å². The van der Waals surface area contributed by atoms with Gasteiger partial charge in [-0.3, -0.25) is 19.2 Å². The van der Waals surface area contributed by atoms with Gasteiger partial charge in [0.05, 0.1) is 0 Å². The van der Waals surface area contributed by atoms with E-state index >= 15 is 0 Å². The number of imide groups is 1. The molecular weight excluding hydrogens is 434 g/mol. The summed E-state index contributed by atoms with van der Waals surface area (Å²) < 4.78 is 15.3. The van der Waals surface area contributed by atoms with Crippen LogP contribution >= 0.6 is 0 Å². The van der Waals surface area contributed by atoms with E-state index in [0.29, 0.717) is 18.4 Å². The largest absolute Gasteiger partial charge is 0.451 e. The number of methoxy groups -OCH3 is 1. The Morgan fingerprint density at radius 1 is 1.15 bits per heavy atom. The molecule has 0 bridgehead atoms. The number of amides is 2. The summed E-state index contributed by atoms with van der Waals surface area (Å²) in [4.78, 5) is 62.7. The molecule has 1 aromatic rings. The number of aliphatic hydroxyl groups is 1. The zero-order valence-electron chi connectivity index (χ0n) is 18.5. The van der Waals surface area contributed by atoms with E-state index in [9.17, 15) is 24.0 Å². The highest BCUT2D eigenvalue weighted by Gasteiger charge is 2.46. The number of unbranched alkanes of at least 4 members (excludes halogenated alkanes) is 1. The van der Waals surface area contributed by atoms with Crippen molar-refractivity contribution < 1.29 is 43.3 Å². The average molecular weight is 461 g/mol. The van der Waals surface area contributed by atoms with Gasteiger partial charge in [0, 0.05) is 27.1 Å². The van der Waals surface area contributed by atoms with Crippen LogP contribution in [-0.2, 0) is 33.4 Å². The Labute approximate surface area is 191 Å². The highest BCUT2D eigenvalue weighted by molar-refractivity contribution is 6.05. The number of esters is 1. The lowest BCUT2D eigenvalue weighted by molar-refractivity contribution is -0.166. The van der Waals surface area contributed by atoms with Crippen LogP contribution in [0.1, 0.15) is 37.8 Å². The fraction of sp³-hybridized carbons (Fsp3) is 0.435. The number of nitrogens with zero attached hydrogens (tertiary/aromatic N) is 1. The number of hydrogen-bond donors (Lipinski definition) is 1. The first-order chi connectivity index (χ1) is 15.8. The molecule has 10 heteroatoms. The van der Waals surface area contributed by atoms with Crippen LogP contribution in [0.4, 0.5) is 4.79 Å². The third-order valence-corrected chi connectivity index (χ3v) is 4.91. The van der Waals surface area contributed by atoms with E-state index in [1.807, 2.05) is 0 Å². The summed E-state index contributed by atoms with van der Waals surface area (Å²) in [6.45, 7) is 0.919. The Morgan fingerprint density at radius 3 is 2.45 bits per heavy atom. The Balaban J connectivity index is 2.24. The van der Waals surface area contributed by atoms with E-state index in [4.69, 9.17) is 19.3 Å². The standard InChI is InChI=1S/C23H27NO9/c1-15(26)33-20(19(28)12-11-17(27)10-6-7-13-25)21(31-2)22(29)24-18(14-32-23(24)30)16-8-4-3-5-9-16/h3-5,8-9,11-12,18,20-21,25H,6-7,10,13-14H2,1-2H3/t18-,20-,21+/m1/s1. The number of ketones is 2. The fourth-order valence-electron chi connectivity index (χ4n) is 3.29. The summed E-state index contributed by atoms with van der Waals surface area (Å²) in [7, 11) is 1.13. The molecule has 2 rings (SSSR count). The van der Waals surface area contributed by atoms with Gasteiger partial charge < -0.3 is 19.3 Å². The molecule has 1 N–H and O–H groups in total. The molecule has 1 fully saturated rings. The number of hydrogen-bond acceptors (Lipinski definition) is 9. The van der Waals surface area contributed by atoms with E-state index in [1.54, 1.807) is 30.3 Å². The van der Waals surface area contributed by atoms with E-state index in [0.717, 1.165) is 31.1 Å². The molecule has 0 saturated carbocycles. The van der Waals surface area contributed by atoms with Crippen LogP contribution < -0.4 is 0 Å².